The van der Waals surface area contributed by atoms with Crippen molar-refractivity contribution < 1.29 is 29.0 Å². The van der Waals surface area contributed by atoms with Crippen LogP contribution in [0.5, 0.6) is 5.75 Å². The van der Waals surface area contributed by atoms with E-state index in [4.69, 9.17) is 9.47 Å². The molecule has 35 heavy (non-hydrogen) atoms. The van der Waals surface area contributed by atoms with E-state index in [1.54, 1.807) is 13.2 Å². The van der Waals surface area contributed by atoms with Gasteiger partial charge >= 0.3 is 5.97 Å². The van der Waals surface area contributed by atoms with E-state index in [-0.39, 0.29) is 30.3 Å². The summed E-state index contributed by atoms with van der Waals surface area (Å²) in [6.07, 6.45) is 0.371. The van der Waals surface area contributed by atoms with E-state index >= 15 is 0 Å². The molecule has 0 spiro atoms. The van der Waals surface area contributed by atoms with Gasteiger partial charge in [0, 0.05) is 30.3 Å². The number of rotatable bonds is 12. The van der Waals surface area contributed by atoms with Gasteiger partial charge in [-0.25, -0.2) is 0 Å². The van der Waals surface area contributed by atoms with Gasteiger partial charge in [-0.15, -0.1) is 0 Å². The summed E-state index contributed by atoms with van der Waals surface area (Å²) >= 11 is 0. The molecule has 0 saturated carbocycles. The summed E-state index contributed by atoms with van der Waals surface area (Å²) in [4.78, 5) is 39.9. The fourth-order valence-electron chi connectivity index (χ4n) is 4.38. The molecule has 2 amide bonds. The van der Waals surface area contributed by atoms with Crippen LogP contribution >= 0.6 is 0 Å². The molecule has 1 fully saturated rings. The Balaban J connectivity index is 1.73. The number of aromatic nitrogens is 1. The highest BCUT2D eigenvalue weighted by molar-refractivity contribution is 5.87. The first-order valence-electron chi connectivity index (χ1n) is 12.0. The monoisotopic (exact) mass is 488 g/mol. The summed E-state index contributed by atoms with van der Waals surface area (Å²) in [5, 5.41) is 20.5. The Morgan fingerprint density at radius 3 is 2.69 bits per heavy atom. The second-order valence-electron chi connectivity index (χ2n) is 9.42. The van der Waals surface area contributed by atoms with E-state index in [9.17, 15) is 19.5 Å². The molecule has 1 unspecified atom stereocenters. The number of aromatic amines is 1. The maximum absolute atomic E-state index is 13.3. The second-order valence-corrected chi connectivity index (χ2v) is 9.42. The van der Waals surface area contributed by atoms with Gasteiger partial charge in [-0.3, -0.25) is 19.7 Å². The minimum atomic E-state index is -1.13. The summed E-state index contributed by atoms with van der Waals surface area (Å²) in [6.45, 7) is 5.85. The zero-order chi connectivity index (χ0) is 25.5. The molecule has 1 aliphatic heterocycles. The highest BCUT2D eigenvalue weighted by Gasteiger charge is 2.31. The number of methoxy groups -OCH3 is 1. The molecule has 192 valence electrons. The smallest absolute Gasteiger partial charge is 0.302 e. The molecule has 1 aromatic carbocycles. The Hall–Kier alpha value is -3.11. The van der Waals surface area contributed by atoms with Crippen molar-refractivity contribution in [2.75, 3.05) is 20.3 Å². The number of nitrogens with one attached hydrogen (secondary N) is 4. The van der Waals surface area contributed by atoms with Crippen LogP contribution in [-0.4, -0.2) is 60.2 Å². The predicted molar refractivity (Wildman–Crippen MR) is 130 cm³/mol. The summed E-state index contributed by atoms with van der Waals surface area (Å²) < 4.78 is 10.5. The Bertz CT molecular complexity index is 1040. The first kappa shape index (κ1) is 26.5. The van der Waals surface area contributed by atoms with Crippen LogP contribution in [0.25, 0.3) is 10.9 Å². The van der Waals surface area contributed by atoms with Crippen LogP contribution in [0.4, 0.5) is 0 Å². The standard InChI is InChI=1S/C25H36N4O6/c1-14(2)10-20(29-25(33)21-12-18-19(28-21)6-5-7-22(18)34-4)24(32)27-17(13-35-15(3)30)11-16-8-9-26-23(16)31/h5-7,12,14,16-17,20,25,28-29,33H,8-11,13H2,1-4H3,(H,26,31)(H,27,32)/t16-,17-,20-,25?/m0/s1. The number of ether oxygens (including phenoxy) is 2. The number of aliphatic hydroxyl groups excluding tert-OH is 1. The first-order chi connectivity index (χ1) is 16.7. The third-order valence-corrected chi connectivity index (χ3v) is 6.11. The van der Waals surface area contributed by atoms with Crippen LogP contribution in [0.1, 0.15) is 52.0 Å². The average molecular weight is 489 g/mol. The minimum Gasteiger partial charge on any atom is -0.496 e. The number of carbonyl (C=O) groups is 3. The second kappa shape index (κ2) is 12.0. The lowest BCUT2D eigenvalue weighted by Gasteiger charge is -2.27. The molecule has 4 atom stereocenters. The van der Waals surface area contributed by atoms with Crippen molar-refractivity contribution in [3.63, 3.8) is 0 Å². The zero-order valence-electron chi connectivity index (χ0n) is 20.7. The van der Waals surface area contributed by atoms with Crippen molar-refractivity contribution in [3.05, 3.63) is 30.0 Å². The number of aliphatic hydroxyl groups is 1. The van der Waals surface area contributed by atoms with Gasteiger partial charge in [0.15, 0.2) is 0 Å². The van der Waals surface area contributed by atoms with E-state index in [1.807, 2.05) is 32.0 Å². The molecule has 1 aliphatic rings. The highest BCUT2D eigenvalue weighted by atomic mass is 16.5. The van der Waals surface area contributed by atoms with Gasteiger partial charge in [0.05, 0.1) is 24.9 Å². The van der Waals surface area contributed by atoms with Gasteiger partial charge in [-0.2, -0.15) is 0 Å². The number of hydrogen-bond donors (Lipinski definition) is 5. The molecule has 2 heterocycles. The lowest BCUT2D eigenvalue weighted by molar-refractivity contribution is -0.142. The number of H-pyrrole nitrogens is 1. The van der Waals surface area contributed by atoms with Crippen LogP contribution in [0.3, 0.4) is 0 Å². The third-order valence-electron chi connectivity index (χ3n) is 6.11. The Morgan fingerprint density at radius 1 is 1.29 bits per heavy atom. The van der Waals surface area contributed by atoms with E-state index in [0.29, 0.717) is 37.3 Å². The summed E-state index contributed by atoms with van der Waals surface area (Å²) in [6, 6.07) is 6.12. The Labute approximate surface area is 205 Å². The molecule has 1 saturated heterocycles. The Morgan fingerprint density at radius 2 is 2.06 bits per heavy atom. The van der Waals surface area contributed by atoms with Crippen LogP contribution < -0.4 is 20.7 Å². The molecular weight excluding hydrogens is 452 g/mol. The normalized spacial score (nSPS) is 18.2. The van der Waals surface area contributed by atoms with Crippen molar-refractivity contribution in [3.8, 4) is 5.75 Å². The molecule has 1 aromatic heterocycles. The summed E-state index contributed by atoms with van der Waals surface area (Å²) in [5.74, 6) is -0.254. The summed E-state index contributed by atoms with van der Waals surface area (Å²) in [7, 11) is 1.58. The number of carbonyl (C=O) groups excluding carboxylic acids is 3. The number of esters is 1. The molecule has 2 aromatic rings. The maximum atomic E-state index is 13.3. The number of amides is 2. The van der Waals surface area contributed by atoms with Crippen molar-refractivity contribution in [1.29, 1.82) is 0 Å². The third kappa shape index (κ3) is 7.19. The van der Waals surface area contributed by atoms with Gasteiger partial charge in [-0.1, -0.05) is 19.9 Å². The van der Waals surface area contributed by atoms with E-state index in [0.717, 1.165) is 10.9 Å². The largest absolute Gasteiger partial charge is 0.496 e. The number of fused-ring (bicyclic) bond motifs is 1. The maximum Gasteiger partial charge on any atom is 0.302 e. The van der Waals surface area contributed by atoms with Crippen LogP contribution in [-0.2, 0) is 19.1 Å². The quantitative estimate of drug-likeness (QED) is 0.226. The first-order valence-corrected chi connectivity index (χ1v) is 12.0. The van der Waals surface area contributed by atoms with E-state index in [2.05, 4.69) is 20.9 Å². The van der Waals surface area contributed by atoms with Gasteiger partial charge < -0.3 is 30.2 Å². The average Bonchev–Trinajstić information content (AvgIpc) is 3.42. The lowest BCUT2D eigenvalue weighted by Crippen LogP contribution is -2.51. The van der Waals surface area contributed by atoms with E-state index in [1.165, 1.54) is 6.92 Å². The van der Waals surface area contributed by atoms with Crippen LogP contribution in [0, 0.1) is 11.8 Å². The number of hydrogen-bond acceptors (Lipinski definition) is 7. The van der Waals surface area contributed by atoms with Gasteiger partial charge in [0.2, 0.25) is 11.8 Å². The molecule has 0 radical (unpaired) electrons. The van der Waals surface area contributed by atoms with Crippen molar-refractivity contribution in [2.24, 2.45) is 11.8 Å². The SMILES string of the molecule is COc1cccc2[nH]c(C(O)N[C@@H](CC(C)C)C(=O)N[C@H](COC(C)=O)C[C@@H]3CCNC3=O)cc12. The van der Waals surface area contributed by atoms with Gasteiger partial charge in [-0.05, 0) is 43.4 Å². The minimum absolute atomic E-state index is 0.0242. The molecule has 10 heteroatoms. The molecule has 10 nitrogen and oxygen atoms in total. The van der Waals surface area contributed by atoms with Gasteiger partial charge in [0.25, 0.3) is 0 Å². The number of benzene rings is 1. The molecule has 5 N–H and O–H groups in total. The predicted octanol–water partition coefficient (Wildman–Crippen LogP) is 1.75. The van der Waals surface area contributed by atoms with Crippen LogP contribution in [0.15, 0.2) is 24.3 Å². The van der Waals surface area contributed by atoms with Crippen molar-refractivity contribution in [2.45, 2.75) is 58.3 Å². The van der Waals surface area contributed by atoms with E-state index < -0.39 is 24.3 Å². The lowest BCUT2D eigenvalue weighted by atomic mass is 9.97. The van der Waals surface area contributed by atoms with Crippen molar-refractivity contribution in [1.82, 2.24) is 20.9 Å². The molecular formula is C25H36N4O6. The molecule has 0 bridgehead atoms. The summed E-state index contributed by atoms with van der Waals surface area (Å²) in [5.41, 5.74) is 1.31. The van der Waals surface area contributed by atoms with Crippen LogP contribution in [0.2, 0.25) is 0 Å². The van der Waals surface area contributed by atoms with Gasteiger partial charge in [0.1, 0.15) is 18.6 Å². The Kier molecular flexibility index (Phi) is 9.11. The molecule has 0 aliphatic carbocycles. The zero-order valence-corrected chi connectivity index (χ0v) is 20.7. The topological polar surface area (TPSA) is 142 Å². The fourth-order valence-corrected chi connectivity index (χ4v) is 4.38. The fraction of sp³-hybridized carbons (Fsp3) is 0.560. The van der Waals surface area contributed by atoms with Crippen molar-refractivity contribution >= 4 is 28.7 Å². The highest BCUT2D eigenvalue weighted by Crippen LogP contribution is 2.28. The molecule has 3 rings (SSSR count).